The molecule has 0 aromatic heterocycles. The van der Waals surface area contributed by atoms with Crippen LogP contribution in [0.1, 0.15) is 102 Å². The van der Waals surface area contributed by atoms with Gasteiger partial charge in [0.25, 0.3) is 0 Å². The van der Waals surface area contributed by atoms with Gasteiger partial charge in [-0.15, -0.1) is 0 Å². The highest BCUT2D eigenvalue weighted by molar-refractivity contribution is 7.86. The number of unbranched alkanes of at least 4 members (excludes halogenated alkanes) is 3. The van der Waals surface area contributed by atoms with E-state index >= 15 is 0 Å². The molecule has 19 heteroatoms. The van der Waals surface area contributed by atoms with Gasteiger partial charge in [-0.2, -0.15) is 0 Å². The molecule has 0 N–H and O–H groups in total. The van der Waals surface area contributed by atoms with Gasteiger partial charge in [0, 0.05) is 33.6 Å². The quantitative estimate of drug-likeness (QED) is 0.0677. The van der Waals surface area contributed by atoms with Crippen LogP contribution >= 0.6 is 0 Å². The summed E-state index contributed by atoms with van der Waals surface area (Å²) in [5.74, 6) is -1.04. The van der Waals surface area contributed by atoms with Crippen molar-refractivity contribution >= 4 is 68.6 Å². The fraction of sp³-hybridized carbons (Fsp3) is 0.326. The smallest absolute Gasteiger partial charge is 0.125 e. The van der Waals surface area contributed by atoms with Crippen molar-refractivity contribution in [3.63, 3.8) is 0 Å². The van der Waals surface area contributed by atoms with Crippen LogP contribution in [-0.4, -0.2) is 57.9 Å². The van der Waals surface area contributed by atoms with Crippen molar-refractivity contribution in [1.82, 2.24) is 0 Å². The maximum absolute atomic E-state index is 12.8. The first kappa shape index (κ1) is 49.4. The molecule has 6 rings (SSSR count). The third-order valence-corrected chi connectivity index (χ3v) is 15.6. The lowest BCUT2D eigenvalue weighted by Gasteiger charge is -2.35. The highest BCUT2D eigenvalue weighted by atomic mass is 32.2. The Morgan fingerprint density at radius 1 is 0.692 bits per heavy atom. The van der Waals surface area contributed by atoms with Crippen LogP contribution in [0, 0.1) is 0 Å². The molecule has 0 spiro atoms. The van der Waals surface area contributed by atoms with E-state index in [4.69, 9.17) is 0 Å². The zero-order valence-corrected chi connectivity index (χ0v) is 39.1. The van der Waals surface area contributed by atoms with Crippen LogP contribution in [0.3, 0.4) is 0 Å². The first-order chi connectivity index (χ1) is 30.1. The van der Waals surface area contributed by atoms with Gasteiger partial charge < -0.3 is 33.0 Å². The number of nitrogens with zero attached hydrogens (tertiary/aromatic N) is 1. The highest BCUT2D eigenvalue weighted by Gasteiger charge is 2.43. The normalized spacial score (nSPS) is 18.5. The summed E-state index contributed by atoms with van der Waals surface area (Å²) in [6.07, 6.45) is 15.7. The van der Waals surface area contributed by atoms with Crippen LogP contribution in [-0.2, 0) is 56.1 Å². The lowest BCUT2D eigenvalue weighted by molar-refractivity contribution is -0.305. The maximum atomic E-state index is 12.8. The van der Waals surface area contributed by atoms with Gasteiger partial charge in [0.05, 0.1) is 25.3 Å². The van der Waals surface area contributed by atoms with E-state index in [0.29, 0.717) is 29.7 Å². The molecule has 348 valence electrons. The second kappa shape index (κ2) is 18.4. The van der Waals surface area contributed by atoms with E-state index in [1.54, 1.807) is 44.2 Å². The Labute approximate surface area is 379 Å². The number of hydrogen-bond acceptors (Lipinski definition) is 15. The Hall–Kier alpha value is -4.99. The molecule has 1 aliphatic heterocycles. The second-order valence-corrected chi connectivity index (χ2v) is 22.7. The fourth-order valence-electron chi connectivity index (χ4n) is 8.98. The molecule has 0 radical (unpaired) electrons. The van der Waals surface area contributed by atoms with Crippen LogP contribution in [0.25, 0.3) is 10.8 Å². The molecule has 0 saturated carbocycles. The van der Waals surface area contributed by atoms with E-state index in [2.05, 4.69) is 6.08 Å². The number of allylic oxidation sites excluding steroid dienone is 8. The molecular weight excluding hydrogens is 919 g/mol. The van der Waals surface area contributed by atoms with E-state index in [1.807, 2.05) is 19.9 Å². The summed E-state index contributed by atoms with van der Waals surface area (Å²) in [5, 5.41) is 10.6. The van der Waals surface area contributed by atoms with E-state index in [1.165, 1.54) is 35.2 Å². The average molecular weight is 965 g/mol. The SMILES string of the molecule is CC1(C)C(/C=C/C=C/C=C2/N(c3cccc(S(=O)(=O)[O-])c3)c3cc(S(=O)(=O)[O-])c4cc(S(=O)(=O)[O-])ccc4c3C2(C)C)=CCCC(CCCCCCC(=O)[O-])c2ccc(S(=O)(=O)[O-])cc21. The number of rotatable bonds is 15. The molecule has 4 aromatic carbocycles. The zero-order valence-electron chi connectivity index (χ0n) is 35.8. The minimum atomic E-state index is -5.33. The lowest BCUT2D eigenvalue weighted by Crippen LogP contribution is -2.25. The molecule has 2 aliphatic rings. The van der Waals surface area contributed by atoms with Crippen LogP contribution in [0.4, 0.5) is 11.4 Å². The van der Waals surface area contributed by atoms with E-state index in [9.17, 15) is 61.8 Å². The molecule has 0 fully saturated rings. The van der Waals surface area contributed by atoms with Gasteiger partial charge in [-0.05, 0) is 120 Å². The van der Waals surface area contributed by atoms with Crippen LogP contribution in [0.15, 0.2) is 134 Å². The number of anilines is 2. The Bertz CT molecular complexity index is 3150. The predicted molar refractivity (Wildman–Crippen MR) is 236 cm³/mol. The first-order valence-corrected chi connectivity index (χ1v) is 26.2. The summed E-state index contributed by atoms with van der Waals surface area (Å²) in [6, 6.07) is 13.6. The Morgan fingerprint density at radius 2 is 1.32 bits per heavy atom. The summed E-state index contributed by atoms with van der Waals surface area (Å²) < 4.78 is 147. The molecule has 1 aliphatic carbocycles. The molecule has 0 saturated heterocycles. The van der Waals surface area contributed by atoms with Gasteiger partial charge in [0.2, 0.25) is 0 Å². The molecule has 65 heavy (non-hydrogen) atoms. The van der Waals surface area contributed by atoms with Crippen molar-refractivity contribution < 1.29 is 61.8 Å². The maximum Gasteiger partial charge on any atom is 0.125 e. The summed E-state index contributed by atoms with van der Waals surface area (Å²) in [6.45, 7) is 7.39. The Kier molecular flexibility index (Phi) is 14.0. The molecule has 0 amide bonds. The molecule has 1 unspecified atom stereocenters. The van der Waals surface area contributed by atoms with Crippen molar-refractivity contribution in [2.75, 3.05) is 4.90 Å². The van der Waals surface area contributed by atoms with Gasteiger partial charge in [-0.25, -0.2) is 33.7 Å². The Balaban J connectivity index is 1.42. The van der Waals surface area contributed by atoms with Crippen molar-refractivity contribution in [3.05, 3.63) is 131 Å². The van der Waals surface area contributed by atoms with E-state index in [0.717, 1.165) is 73.6 Å². The minimum absolute atomic E-state index is 0.00343. The fourth-order valence-corrected chi connectivity index (χ4v) is 11.2. The number of carboxylic acid groups (broad SMARTS) is 1. The van der Waals surface area contributed by atoms with Gasteiger partial charge in [0.15, 0.2) is 0 Å². The van der Waals surface area contributed by atoms with Crippen LogP contribution in [0.2, 0.25) is 0 Å². The van der Waals surface area contributed by atoms with Crippen LogP contribution < -0.4 is 10.0 Å². The monoisotopic (exact) mass is 964 g/mol. The molecule has 1 heterocycles. The number of aliphatic carboxylic acids is 1. The number of carbonyl (C=O) groups is 1. The number of fused-ring (bicyclic) bond motifs is 4. The standard InChI is InChI=1S/C46H51NO14S4/c1-45(2)31(17-12-15-30(14-8-5-6-11-21-43(48)49)36-24-22-35(28-39(36)45)64(56,57)58)16-9-7-10-20-42-46(3,4)44-37-25-23-34(63(53,54)55)27-38(37)41(65(59,60)61)29-40(44)47(42)32-18-13-19-33(26-32)62(50,51)52/h7,9-10,13,16-20,22-30H,5-6,8,11-12,14-15,21H2,1-4H3,(H,48,49)(H,50,51,52)(H,53,54,55)(H,56,57,58)(H,59,60,61)/p-5/b10-7+,16-9+,31-17?,42-20+. The average Bonchev–Trinajstić information content (AvgIpc) is 3.43. The summed E-state index contributed by atoms with van der Waals surface area (Å²) >= 11 is 0. The molecule has 15 nitrogen and oxygen atoms in total. The summed E-state index contributed by atoms with van der Waals surface area (Å²) in [5.41, 5.74) is 1.55. The van der Waals surface area contributed by atoms with Gasteiger partial charge in [-0.3, -0.25) is 0 Å². The first-order valence-electron chi connectivity index (χ1n) is 20.6. The van der Waals surface area contributed by atoms with Crippen molar-refractivity contribution in [2.24, 2.45) is 0 Å². The topological polar surface area (TPSA) is 272 Å². The summed E-state index contributed by atoms with van der Waals surface area (Å²) in [7, 11) is -20.2. The van der Waals surface area contributed by atoms with E-state index < -0.39 is 72.0 Å². The third-order valence-electron chi connectivity index (χ3n) is 12.2. The van der Waals surface area contributed by atoms with Crippen molar-refractivity contribution in [3.8, 4) is 0 Å². The van der Waals surface area contributed by atoms with Crippen LogP contribution in [0.5, 0.6) is 0 Å². The number of carbonyl (C=O) groups excluding carboxylic acids is 1. The minimum Gasteiger partial charge on any atom is -0.744 e. The van der Waals surface area contributed by atoms with Crippen molar-refractivity contribution in [2.45, 2.75) is 115 Å². The van der Waals surface area contributed by atoms with Gasteiger partial charge in [0.1, 0.15) is 40.5 Å². The molecular formula is C46H46NO14S4-5. The van der Waals surface area contributed by atoms with Gasteiger partial charge in [-0.1, -0.05) is 95.5 Å². The molecule has 4 aromatic rings. The van der Waals surface area contributed by atoms with E-state index in [-0.39, 0.29) is 39.4 Å². The third kappa shape index (κ3) is 10.7. The lowest BCUT2D eigenvalue weighted by atomic mass is 9.70. The van der Waals surface area contributed by atoms with Gasteiger partial charge >= 0.3 is 0 Å². The zero-order chi connectivity index (χ0) is 47.9. The van der Waals surface area contributed by atoms with Crippen molar-refractivity contribution in [1.29, 1.82) is 0 Å². The molecule has 0 bridgehead atoms. The molecule has 1 atom stereocenters. The number of hydrogen-bond donors (Lipinski definition) is 0. The number of carboxylic acids is 1. The predicted octanol–water partition coefficient (Wildman–Crippen LogP) is 6.75. The largest absolute Gasteiger partial charge is 0.744 e. The summed E-state index contributed by atoms with van der Waals surface area (Å²) in [4.78, 5) is 9.78. The second-order valence-electron chi connectivity index (χ2n) is 17.2. The number of benzene rings is 4. The Morgan fingerprint density at radius 3 is 1.97 bits per heavy atom. The highest BCUT2D eigenvalue weighted by Crippen LogP contribution is 2.55.